The molecule has 0 aromatic carbocycles. The molecule has 120 valence electrons. The van der Waals surface area contributed by atoms with E-state index in [0.29, 0.717) is 24.6 Å². The number of nitrogens with two attached hydrogens (primary N) is 1. The molecule has 6 heteroatoms. The summed E-state index contributed by atoms with van der Waals surface area (Å²) in [4.78, 5) is 6.80. The molecule has 0 fully saturated rings. The third-order valence-electron chi connectivity index (χ3n) is 3.05. The fourth-order valence-electron chi connectivity index (χ4n) is 2.07. The molecule has 0 spiro atoms. The van der Waals surface area contributed by atoms with Gasteiger partial charge in [0, 0.05) is 44.9 Å². The number of hydrogen-bond donors (Lipinski definition) is 3. The van der Waals surface area contributed by atoms with Crippen LogP contribution in [-0.4, -0.2) is 55.8 Å². The number of nitrogens with one attached hydrogen (secondary N) is 2. The second-order valence-corrected chi connectivity index (χ2v) is 5.28. The maximum atomic E-state index is 5.46. The summed E-state index contributed by atoms with van der Waals surface area (Å²) in [7, 11) is 0. The standard InChI is InChI=1S/C14H33N5O/c1-6-20-11-7-8-16-14(18-15)17-9-10-19(12(2)3)13(4)5/h12-13H,6-11,15H2,1-5H3,(H2,16,17,18). The van der Waals surface area contributed by atoms with Crippen LogP contribution in [0.4, 0.5) is 0 Å². The summed E-state index contributed by atoms with van der Waals surface area (Å²) in [6.07, 6.45) is 0.908. The number of nitrogens with zero attached hydrogens (tertiary/aromatic N) is 2. The van der Waals surface area contributed by atoms with Crippen LogP contribution in [0.1, 0.15) is 41.0 Å². The fraction of sp³-hybridized carbons (Fsp3) is 0.929. The smallest absolute Gasteiger partial charge is 0.205 e. The maximum absolute atomic E-state index is 5.46. The number of aliphatic imine (C=N–C) groups is 1. The van der Waals surface area contributed by atoms with Gasteiger partial charge in [0.05, 0.1) is 0 Å². The van der Waals surface area contributed by atoms with Crippen LogP contribution in [0.3, 0.4) is 0 Å². The van der Waals surface area contributed by atoms with Gasteiger partial charge in [-0.15, -0.1) is 0 Å². The highest BCUT2D eigenvalue weighted by Gasteiger charge is 2.12. The molecule has 0 aliphatic carbocycles. The minimum atomic E-state index is 0.536. The van der Waals surface area contributed by atoms with E-state index in [1.165, 1.54) is 0 Å². The van der Waals surface area contributed by atoms with Crippen LogP contribution >= 0.6 is 0 Å². The maximum Gasteiger partial charge on any atom is 0.205 e. The number of rotatable bonds is 10. The van der Waals surface area contributed by atoms with Crippen molar-refractivity contribution in [1.29, 1.82) is 0 Å². The van der Waals surface area contributed by atoms with Crippen LogP contribution in [0.2, 0.25) is 0 Å². The van der Waals surface area contributed by atoms with Gasteiger partial charge in [0.2, 0.25) is 5.96 Å². The Bertz CT molecular complexity index is 248. The Kier molecular flexibility index (Phi) is 11.4. The number of hydrogen-bond acceptors (Lipinski definition) is 4. The van der Waals surface area contributed by atoms with E-state index in [9.17, 15) is 0 Å². The van der Waals surface area contributed by atoms with Crippen LogP contribution in [0, 0.1) is 0 Å². The first-order valence-corrected chi connectivity index (χ1v) is 7.61. The molecular formula is C14H33N5O. The van der Waals surface area contributed by atoms with Gasteiger partial charge in [-0.1, -0.05) is 0 Å². The van der Waals surface area contributed by atoms with Gasteiger partial charge in [0.15, 0.2) is 0 Å². The van der Waals surface area contributed by atoms with E-state index in [-0.39, 0.29) is 0 Å². The van der Waals surface area contributed by atoms with Crippen molar-refractivity contribution in [3.8, 4) is 0 Å². The first-order chi connectivity index (χ1) is 9.52. The van der Waals surface area contributed by atoms with Crippen molar-refractivity contribution >= 4 is 5.96 Å². The van der Waals surface area contributed by atoms with Gasteiger partial charge in [0.25, 0.3) is 0 Å². The zero-order valence-corrected chi connectivity index (χ0v) is 13.8. The lowest BCUT2D eigenvalue weighted by Crippen LogP contribution is -2.47. The molecule has 0 aliphatic rings. The van der Waals surface area contributed by atoms with Gasteiger partial charge in [-0.05, 0) is 41.0 Å². The first-order valence-electron chi connectivity index (χ1n) is 7.61. The second kappa shape index (κ2) is 11.9. The Balaban J connectivity index is 3.96. The number of ether oxygens (including phenoxy) is 1. The first kappa shape index (κ1) is 19.1. The van der Waals surface area contributed by atoms with E-state index in [1.807, 2.05) is 6.92 Å². The third-order valence-corrected chi connectivity index (χ3v) is 3.05. The molecule has 20 heavy (non-hydrogen) atoms. The predicted molar refractivity (Wildman–Crippen MR) is 85.7 cm³/mol. The van der Waals surface area contributed by atoms with E-state index in [4.69, 9.17) is 10.6 Å². The zero-order chi connectivity index (χ0) is 15.4. The quantitative estimate of drug-likeness (QED) is 0.183. The molecule has 0 saturated carbocycles. The molecule has 0 rings (SSSR count). The molecule has 0 bridgehead atoms. The Morgan fingerprint density at radius 3 is 2.40 bits per heavy atom. The van der Waals surface area contributed by atoms with Gasteiger partial charge >= 0.3 is 0 Å². The minimum absolute atomic E-state index is 0.536. The molecule has 0 aliphatic heterocycles. The normalized spacial score (nSPS) is 12.6. The average Bonchev–Trinajstić information content (AvgIpc) is 2.39. The van der Waals surface area contributed by atoms with Crippen molar-refractivity contribution < 1.29 is 4.74 Å². The summed E-state index contributed by atoms with van der Waals surface area (Å²) >= 11 is 0. The number of guanidine groups is 1. The molecule has 4 N–H and O–H groups in total. The van der Waals surface area contributed by atoms with Crippen LogP contribution in [0.15, 0.2) is 4.99 Å². The van der Waals surface area contributed by atoms with Crippen molar-refractivity contribution in [2.24, 2.45) is 10.8 Å². The van der Waals surface area contributed by atoms with Gasteiger partial charge in [-0.25, -0.2) is 5.84 Å². The van der Waals surface area contributed by atoms with Crippen LogP contribution in [-0.2, 0) is 4.74 Å². The van der Waals surface area contributed by atoms with Crippen molar-refractivity contribution in [2.45, 2.75) is 53.1 Å². The van der Waals surface area contributed by atoms with E-state index >= 15 is 0 Å². The summed E-state index contributed by atoms with van der Waals surface area (Å²) in [5, 5.41) is 3.23. The topological polar surface area (TPSA) is 74.9 Å². The van der Waals surface area contributed by atoms with Gasteiger partial charge in [0.1, 0.15) is 0 Å². The minimum Gasteiger partial charge on any atom is -0.382 e. The van der Waals surface area contributed by atoms with Crippen LogP contribution < -0.4 is 16.6 Å². The lowest BCUT2D eigenvalue weighted by Gasteiger charge is -2.30. The van der Waals surface area contributed by atoms with Crippen LogP contribution in [0.5, 0.6) is 0 Å². The second-order valence-electron chi connectivity index (χ2n) is 5.28. The van der Waals surface area contributed by atoms with Gasteiger partial charge in [-0.3, -0.25) is 15.3 Å². The molecule has 0 unspecified atom stereocenters. The molecule has 0 saturated heterocycles. The van der Waals surface area contributed by atoms with Gasteiger partial charge < -0.3 is 10.1 Å². The Hall–Kier alpha value is -0.850. The zero-order valence-electron chi connectivity index (χ0n) is 13.8. The largest absolute Gasteiger partial charge is 0.382 e. The highest BCUT2D eigenvalue weighted by atomic mass is 16.5. The molecule has 0 atom stereocenters. The third kappa shape index (κ3) is 9.12. The SMILES string of the molecule is CCOCCCN=C(NN)NCCN(C(C)C)C(C)C. The summed E-state index contributed by atoms with van der Waals surface area (Å²) in [6, 6.07) is 1.07. The van der Waals surface area contributed by atoms with Crippen LogP contribution in [0.25, 0.3) is 0 Å². The monoisotopic (exact) mass is 287 g/mol. The Labute approximate surface area is 124 Å². The molecule has 0 amide bonds. The average molecular weight is 287 g/mol. The summed E-state index contributed by atoms with van der Waals surface area (Å²) in [5.41, 5.74) is 2.60. The van der Waals surface area contributed by atoms with Crippen molar-refractivity contribution in [1.82, 2.24) is 15.6 Å². The molecule has 0 radical (unpaired) electrons. The molecular weight excluding hydrogens is 254 g/mol. The summed E-state index contributed by atoms with van der Waals surface area (Å²) in [5.74, 6) is 6.11. The molecule has 0 aromatic rings. The lowest BCUT2D eigenvalue weighted by atomic mass is 10.2. The van der Waals surface area contributed by atoms with E-state index in [1.54, 1.807) is 0 Å². The Morgan fingerprint density at radius 1 is 1.25 bits per heavy atom. The summed E-state index contributed by atoms with van der Waals surface area (Å²) < 4.78 is 5.27. The van der Waals surface area contributed by atoms with E-state index in [2.05, 4.69) is 48.3 Å². The predicted octanol–water partition coefficient (Wildman–Crippen LogP) is 0.941. The molecule has 6 nitrogen and oxygen atoms in total. The molecule has 0 aromatic heterocycles. The lowest BCUT2D eigenvalue weighted by molar-refractivity contribution is 0.146. The van der Waals surface area contributed by atoms with Crippen molar-refractivity contribution in [3.05, 3.63) is 0 Å². The van der Waals surface area contributed by atoms with Crippen molar-refractivity contribution in [2.75, 3.05) is 32.8 Å². The van der Waals surface area contributed by atoms with E-state index in [0.717, 1.165) is 32.7 Å². The Morgan fingerprint density at radius 2 is 1.90 bits per heavy atom. The van der Waals surface area contributed by atoms with E-state index < -0.39 is 0 Å². The summed E-state index contributed by atoms with van der Waals surface area (Å²) in [6.45, 7) is 14.8. The number of hydrazine groups is 1. The van der Waals surface area contributed by atoms with Crippen molar-refractivity contribution in [3.63, 3.8) is 0 Å². The van der Waals surface area contributed by atoms with Gasteiger partial charge in [-0.2, -0.15) is 0 Å². The fourth-order valence-corrected chi connectivity index (χ4v) is 2.07. The highest BCUT2D eigenvalue weighted by Crippen LogP contribution is 2.03. The molecule has 0 heterocycles. The highest BCUT2D eigenvalue weighted by molar-refractivity contribution is 5.79.